The maximum absolute atomic E-state index is 6.65. The Kier molecular flexibility index (Phi) is 4.66. The Bertz CT molecular complexity index is 280. The largest absolute Gasteiger partial charge is 0.324 e. The lowest BCUT2D eigenvalue weighted by atomic mass is 9.77. The molecule has 2 atom stereocenters. The Hall–Kier alpha value is 0.270. The molecule has 0 aromatic rings. The van der Waals surface area contributed by atoms with Gasteiger partial charge in [-0.3, -0.25) is 0 Å². The van der Waals surface area contributed by atoms with Gasteiger partial charge in [-0.05, 0) is 31.7 Å². The minimum absolute atomic E-state index is 0.0941. The molecule has 0 aromatic heterocycles. The van der Waals surface area contributed by atoms with Crippen LogP contribution in [0.15, 0.2) is 0 Å². The molecule has 2 rings (SSSR count). The van der Waals surface area contributed by atoms with Crippen LogP contribution in [0, 0.1) is 5.92 Å². The quantitative estimate of drug-likeness (QED) is 0.836. The summed E-state index contributed by atoms with van der Waals surface area (Å²) < 4.78 is 0.455. The molecule has 1 heterocycles. The molecule has 0 aromatic carbocycles. The molecule has 2 N–H and O–H groups in total. The van der Waals surface area contributed by atoms with Crippen LogP contribution in [0.1, 0.15) is 52.9 Å². The van der Waals surface area contributed by atoms with Crippen molar-refractivity contribution in [2.45, 2.75) is 63.2 Å². The van der Waals surface area contributed by atoms with Crippen molar-refractivity contribution < 1.29 is 0 Å². The second-order valence-electron chi connectivity index (χ2n) is 7.20. The molecular formula is C15H30N2S. The Balaban J connectivity index is 1.88. The first-order valence-electron chi connectivity index (χ1n) is 7.54. The highest BCUT2D eigenvalue weighted by molar-refractivity contribution is 8.00. The molecule has 2 aliphatic rings. The SMILES string of the molecule is CC1CCCC(N)(CN2CCSC(C)(C)CC2)C1. The van der Waals surface area contributed by atoms with Crippen molar-refractivity contribution in [3.05, 3.63) is 0 Å². The molecule has 1 aliphatic heterocycles. The van der Waals surface area contributed by atoms with Gasteiger partial charge in [-0.2, -0.15) is 11.8 Å². The van der Waals surface area contributed by atoms with Crippen LogP contribution in [0.3, 0.4) is 0 Å². The van der Waals surface area contributed by atoms with Crippen LogP contribution in [-0.4, -0.2) is 40.6 Å². The number of nitrogens with two attached hydrogens (primary N) is 1. The molecule has 2 fully saturated rings. The zero-order valence-corrected chi connectivity index (χ0v) is 13.2. The molecule has 0 spiro atoms. The maximum atomic E-state index is 6.65. The Morgan fingerprint density at radius 3 is 2.78 bits per heavy atom. The van der Waals surface area contributed by atoms with Gasteiger partial charge in [0, 0.05) is 29.1 Å². The van der Waals surface area contributed by atoms with Crippen LogP contribution in [-0.2, 0) is 0 Å². The van der Waals surface area contributed by atoms with Crippen LogP contribution in [0.2, 0.25) is 0 Å². The zero-order valence-electron chi connectivity index (χ0n) is 12.4. The van der Waals surface area contributed by atoms with Crippen molar-refractivity contribution in [1.82, 2.24) is 4.90 Å². The fourth-order valence-corrected chi connectivity index (χ4v) is 4.65. The number of nitrogens with zero attached hydrogens (tertiary/aromatic N) is 1. The predicted octanol–water partition coefficient (Wildman–Crippen LogP) is 3.11. The minimum atomic E-state index is 0.0941. The molecule has 3 heteroatoms. The van der Waals surface area contributed by atoms with E-state index in [1.165, 1.54) is 50.9 Å². The smallest absolute Gasteiger partial charge is 0.0285 e. The number of hydrogen-bond acceptors (Lipinski definition) is 3. The van der Waals surface area contributed by atoms with Crippen LogP contribution >= 0.6 is 11.8 Å². The van der Waals surface area contributed by atoms with Gasteiger partial charge in [-0.25, -0.2) is 0 Å². The van der Waals surface area contributed by atoms with Gasteiger partial charge < -0.3 is 10.6 Å². The summed E-state index contributed by atoms with van der Waals surface area (Å²) in [4.78, 5) is 2.62. The van der Waals surface area contributed by atoms with Gasteiger partial charge >= 0.3 is 0 Å². The van der Waals surface area contributed by atoms with Gasteiger partial charge in [0.1, 0.15) is 0 Å². The highest BCUT2D eigenvalue weighted by atomic mass is 32.2. The standard InChI is InChI=1S/C15H30N2S/c1-13-5-4-6-15(16,11-13)12-17-8-7-14(2,3)18-10-9-17/h13H,4-12,16H2,1-3H3. The highest BCUT2D eigenvalue weighted by Crippen LogP contribution is 2.34. The van der Waals surface area contributed by atoms with Crippen LogP contribution in [0.4, 0.5) is 0 Å². The molecule has 18 heavy (non-hydrogen) atoms. The topological polar surface area (TPSA) is 29.3 Å². The summed E-state index contributed by atoms with van der Waals surface area (Å²) in [7, 11) is 0. The van der Waals surface area contributed by atoms with Gasteiger partial charge in [0.15, 0.2) is 0 Å². The molecule has 106 valence electrons. The molecule has 0 radical (unpaired) electrons. The predicted molar refractivity (Wildman–Crippen MR) is 82.1 cm³/mol. The van der Waals surface area contributed by atoms with Crippen molar-refractivity contribution in [2.24, 2.45) is 11.7 Å². The fraction of sp³-hybridized carbons (Fsp3) is 1.00. The lowest BCUT2D eigenvalue weighted by Gasteiger charge is -2.40. The van der Waals surface area contributed by atoms with Crippen molar-refractivity contribution in [3.8, 4) is 0 Å². The van der Waals surface area contributed by atoms with E-state index in [0.717, 1.165) is 12.5 Å². The van der Waals surface area contributed by atoms with Gasteiger partial charge in [-0.1, -0.05) is 33.6 Å². The Labute approximate surface area is 117 Å². The maximum Gasteiger partial charge on any atom is 0.0285 e. The molecule has 1 saturated carbocycles. The summed E-state index contributed by atoms with van der Waals surface area (Å²) in [5.41, 5.74) is 6.74. The summed E-state index contributed by atoms with van der Waals surface area (Å²) in [6.07, 6.45) is 6.45. The first-order chi connectivity index (χ1) is 8.39. The van der Waals surface area contributed by atoms with E-state index in [1.54, 1.807) is 0 Å². The third-order valence-electron chi connectivity index (χ3n) is 4.60. The number of rotatable bonds is 2. The van der Waals surface area contributed by atoms with Gasteiger partial charge in [0.25, 0.3) is 0 Å². The first-order valence-corrected chi connectivity index (χ1v) is 8.52. The second-order valence-corrected chi connectivity index (χ2v) is 9.00. The Morgan fingerprint density at radius 1 is 1.28 bits per heavy atom. The van der Waals surface area contributed by atoms with Crippen molar-refractivity contribution in [1.29, 1.82) is 0 Å². The lowest BCUT2D eigenvalue weighted by Crippen LogP contribution is -2.53. The van der Waals surface area contributed by atoms with Crippen molar-refractivity contribution >= 4 is 11.8 Å². The molecular weight excluding hydrogens is 240 g/mol. The van der Waals surface area contributed by atoms with E-state index in [1.807, 2.05) is 0 Å². The molecule has 0 amide bonds. The van der Waals surface area contributed by atoms with E-state index in [9.17, 15) is 0 Å². The van der Waals surface area contributed by atoms with E-state index >= 15 is 0 Å². The van der Waals surface area contributed by atoms with Crippen molar-refractivity contribution in [3.63, 3.8) is 0 Å². The normalized spacial score (nSPS) is 38.3. The summed E-state index contributed by atoms with van der Waals surface area (Å²) >= 11 is 2.12. The van der Waals surface area contributed by atoms with Crippen LogP contribution < -0.4 is 5.73 Å². The fourth-order valence-electron chi connectivity index (χ4n) is 3.51. The molecule has 1 saturated heterocycles. The molecule has 1 aliphatic carbocycles. The minimum Gasteiger partial charge on any atom is -0.324 e. The van der Waals surface area contributed by atoms with Crippen molar-refractivity contribution in [2.75, 3.05) is 25.4 Å². The van der Waals surface area contributed by atoms with E-state index in [4.69, 9.17) is 5.73 Å². The summed E-state index contributed by atoms with van der Waals surface area (Å²) in [6.45, 7) is 10.7. The van der Waals surface area contributed by atoms with Gasteiger partial charge in [0.05, 0.1) is 0 Å². The average molecular weight is 270 g/mol. The van der Waals surface area contributed by atoms with E-state index in [-0.39, 0.29) is 5.54 Å². The van der Waals surface area contributed by atoms with Crippen LogP contribution in [0.25, 0.3) is 0 Å². The highest BCUT2D eigenvalue weighted by Gasteiger charge is 2.34. The number of hydrogen-bond donors (Lipinski definition) is 1. The zero-order chi connectivity index (χ0) is 13.2. The third kappa shape index (κ3) is 4.14. The Morgan fingerprint density at radius 2 is 2.06 bits per heavy atom. The number of thioether (sulfide) groups is 1. The molecule has 0 bridgehead atoms. The summed E-state index contributed by atoms with van der Waals surface area (Å²) in [5.74, 6) is 2.08. The lowest BCUT2D eigenvalue weighted by molar-refractivity contribution is 0.154. The van der Waals surface area contributed by atoms with E-state index in [0.29, 0.717) is 4.75 Å². The van der Waals surface area contributed by atoms with Crippen LogP contribution in [0.5, 0.6) is 0 Å². The van der Waals surface area contributed by atoms with Gasteiger partial charge in [-0.15, -0.1) is 0 Å². The average Bonchev–Trinajstić information content (AvgIpc) is 2.39. The first kappa shape index (κ1) is 14.7. The van der Waals surface area contributed by atoms with Gasteiger partial charge in [0.2, 0.25) is 0 Å². The summed E-state index contributed by atoms with van der Waals surface area (Å²) in [5, 5.41) is 0. The monoisotopic (exact) mass is 270 g/mol. The third-order valence-corrected chi connectivity index (χ3v) is 5.97. The molecule has 2 nitrogen and oxygen atoms in total. The van der Waals surface area contributed by atoms with E-state index in [2.05, 4.69) is 37.4 Å². The second kappa shape index (κ2) is 5.72. The summed E-state index contributed by atoms with van der Waals surface area (Å²) in [6, 6.07) is 0. The molecule has 2 unspecified atom stereocenters. The van der Waals surface area contributed by atoms with E-state index < -0.39 is 0 Å².